The Balaban J connectivity index is 2.58. The Kier molecular flexibility index (Phi) is 5.94. The molecule has 17 heavy (non-hydrogen) atoms. The largest absolute Gasteiger partial charge is 0.383 e. The second kappa shape index (κ2) is 6.75. The first-order valence-corrected chi connectivity index (χ1v) is 7.24. The van der Waals surface area contributed by atoms with E-state index in [0.29, 0.717) is 17.5 Å². The summed E-state index contributed by atoms with van der Waals surface area (Å²) in [7, 11) is 1.80. The molecule has 0 aromatic heterocycles. The normalized spacial score (nSPS) is 28.1. The summed E-state index contributed by atoms with van der Waals surface area (Å²) in [5.74, 6) is 0.808. The highest BCUT2D eigenvalue weighted by Crippen LogP contribution is 2.38. The number of hydrogen-bond donors (Lipinski definition) is 1. The van der Waals surface area contributed by atoms with Crippen LogP contribution < -0.4 is 5.32 Å². The van der Waals surface area contributed by atoms with Crippen LogP contribution in [0, 0.1) is 11.3 Å². The molecule has 1 N–H and O–H groups in total. The standard InChI is InChI=1S/C15H31NO/c1-6-12(11-17-5)16-14-10-8-7-9-13(14)15(2,3)4/h12-14,16H,6-11H2,1-5H3. The highest BCUT2D eigenvalue weighted by Gasteiger charge is 2.34. The van der Waals surface area contributed by atoms with Gasteiger partial charge in [-0.25, -0.2) is 0 Å². The molecule has 0 bridgehead atoms. The fourth-order valence-corrected chi connectivity index (χ4v) is 3.15. The first kappa shape index (κ1) is 15.0. The van der Waals surface area contributed by atoms with Crippen molar-refractivity contribution in [3.8, 4) is 0 Å². The van der Waals surface area contributed by atoms with Gasteiger partial charge in [0, 0.05) is 19.2 Å². The van der Waals surface area contributed by atoms with Crippen LogP contribution in [-0.2, 0) is 4.74 Å². The molecule has 0 saturated heterocycles. The molecule has 3 unspecified atom stereocenters. The molecule has 1 aliphatic rings. The fraction of sp³-hybridized carbons (Fsp3) is 1.00. The molecule has 0 aliphatic heterocycles. The molecule has 0 aromatic carbocycles. The van der Waals surface area contributed by atoms with E-state index in [0.717, 1.165) is 18.9 Å². The third-order valence-corrected chi connectivity index (χ3v) is 4.19. The van der Waals surface area contributed by atoms with Crippen LogP contribution in [0.2, 0.25) is 0 Å². The van der Waals surface area contributed by atoms with Crippen LogP contribution in [0.3, 0.4) is 0 Å². The van der Waals surface area contributed by atoms with Gasteiger partial charge in [-0.15, -0.1) is 0 Å². The van der Waals surface area contributed by atoms with E-state index in [1.54, 1.807) is 7.11 Å². The average Bonchev–Trinajstić information content (AvgIpc) is 2.27. The second-order valence-electron chi connectivity index (χ2n) is 6.59. The molecular formula is C15H31NO. The summed E-state index contributed by atoms with van der Waals surface area (Å²) >= 11 is 0. The molecule has 0 aromatic rings. The lowest BCUT2D eigenvalue weighted by Crippen LogP contribution is -2.49. The summed E-state index contributed by atoms with van der Waals surface area (Å²) in [6, 6.07) is 1.21. The minimum Gasteiger partial charge on any atom is -0.383 e. The molecule has 1 fully saturated rings. The third-order valence-electron chi connectivity index (χ3n) is 4.19. The quantitative estimate of drug-likeness (QED) is 0.794. The molecule has 102 valence electrons. The number of hydrogen-bond acceptors (Lipinski definition) is 2. The van der Waals surface area contributed by atoms with Crippen molar-refractivity contribution in [3.05, 3.63) is 0 Å². The smallest absolute Gasteiger partial charge is 0.0615 e. The number of rotatable bonds is 5. The topological polar surface area (TPSA) is 21.3 Å². The van der Waals surface area contributed by atoms with Crippen LogP contribution in [0.4, 0.5) is 0 Å². The summed E-state index contributed by atoms with van der Waals surface area (Å²) in [5, 5.41) is 3.84. The Morgan fingerprint density at radius 1 is 1.24 bits per heavy atom. The van der Waals surface area contributed by atoms with E-state index in [9.17, 15) is 0 Å². The molecule has 0 spiro atoms. The highest BCUT2D eigenvalue weighted by molar-refractivity contribution is 4.89. The molecular weight excluding hydrogens is 210 g/mol. The maximum Gasteiger partial charge on any atom is 0.0615 e. The molecule has 1 aliphatic carbocycles. The number of nitrogens with one attached hydrogen (secondary N) is 1. The minimum atomic E-state index is 0.420. The number of ether oxygens (including phenoxy) is 1. The van der Waals surface area contributed by atoms with Gasteiger partial charge in [-0.1, -0.05) is 40.5 Å². The lowest BCUT2D eigenvalue weighted by atomic mass is 9.69. The maximum atomic E-state index is 5.29. The third kappa shape index (κ3) is 4.59. The minimum absolute atomic E-state index is 0.420. The SMILES string of the molecule is CCC(COC)NC1CCCCC1C(C)(C)C. The second-order valence-corrected chi connectivity index (χ2v) is 6.59. The van der Waals surface area contributed by atoms with Crippen molar-refractivity contribution in [1.29, 1.82) is 0 Å². The molecule has 0 amide bonds. The Bertz CT molecular complexity index is 209. The Hall–Kier alpha value is -0.0800. The van der Waals surface area contributed by atoms with E-state index in [1.165, 1.54) is 25.7 Å². The Morgan fingerprint density at radius 2 is 1.88 bits per heavy atom. The van der Waals surface area contributed by atoms with Gasteiger partial charge in [-0.05, 0) is 30.6 Å². The van der Waals surface area contributed by atoms with Crippen LogP contribution in [0.5, 0.6) is 0 Å². The zero-order valence-corrected chi connectivity index (χ0v) is 12.4. The van der Waals surface area contributed by atoms with Gasteiger partial charge in [0.25, 0.3) is 0 Å². The van der Waals surface area contributed by atoms with E-state index in [-0.39, 0.29) is 0 Å². The highest BCUT2D eigenvalue weighted by atomic mass is 16.5. The summed E-state index contributed by atoms with van der Waals surface area (Å²) in [6.07, 6.45) is 6.66. The molecule has 3 atom stereocenters. The van der Waals surface area contributed by atoms with Crippen molar-refractivity contribution >= 4 is 0 Å². The van der Waals surface area contributed by atoms with E-state index < -0.39 is 0 Å². The van der Waals surface area contributed by atoms with Crippen LogP contribution in [-0.4, -0.2) is 25.8 Å². The lowest BCUT2D eigenvalue weighted by molar-refractivity contribution is 0.0994. The van der Waals surface area contributed by atoms with Crippen LogP contribution in [0.25, 0.3) is 0 Å². The van der Waals surface area contributed by atoms with Crippen LogP contribution in [0.1, 0.15) is 59.8 Å². The summed E-state index contributed by atoms with van der Waals surface area (Å²) < 4.78 is 5.29. The van der Waals surface area contributed by atoms with Gasteiger partial charge < -0.3 is 10.1 Å². The molecule has 2 heteroatoms. The van der Waals surface area contributed by atoms with Gasteiger partial charge >= 0.3 is 0 Å². The van der Waals surface area contributed by atoms with Gasteiger partial charge in [-0.3, -0.25) is 0 Å². The molecule has 0 heterocycles. The van der Waals surface area contributed by atoms with Crippen molar-refractivity contribution in [2.24, 2.45) is 11.3 Å². The molecule has 2 nitrogen and oxygen atoms in total. The van der Waals surface area contributed by atoms with Crippen molar-refractivity contribution < 1.29 is 4.74 Å². The summed E-state index contributed by atoms with van der Waals surface area (Å²) in [5.41, 5.74) is 0.420. The predicted molar refractivity (Wildman–Crippen MR) is 74.3 cm³/mol. The van der Waals surface area contributed by atoms with Crippen LogP contribution >= 0.6 is 0 Å². The van der Waals surface area contributed by atoms with E-state index >= 15 is 0 Å². The van der Waals surface area contributed by atoms with Crippen molar-refractivity contribution in [3.63, 3.8) is 0 Å². The van der Waals surface area contributed by atoms with Gasteiger partial charge in [0.1, 0.15) is 0 Å². The first-order chi connectivity index (χ1) is 7.99. The molecule has 1 saturated carbocycles. The lowest BCUT2D eigenvalue weighted by Gasteiger charge is -2.42. The maximum absolute atomic E-state index is 5.29. The monoisotopic (exact) mass is 241 g/mol. The van der Waals surface area contributed by atoms with Gasteiger partial charge in [0.05, 0.1) is 6.61 Å². The molecule has 1 rings (SSSR count). The van der Waals surface area contributed by atoms with E-state index in [4.69, 9.17) is 4.74 Å². The van der Waals surface area contributed by atoms with Gasteiger partial charge in [-0.2, -0.15) is 0 Å². The Morgan fingerprint density at radius 3 is 2.41 bits per heavy atom. The summed E-state index contributed by atoms with van der Waals surface area (Å²) in [4.78, 5) is 0. The van der Waals surface area contributed by atoms with Crippen molar-refractivity contribution in [1.82, 2.24) is 5.32 Å². The van der Waals surface area contributed by atoms with Crippen molar-refractivity contribution in [2.45, 2.75) is 71.9 Å². The Labute approximate surface area is 108 Å². The summed E-state index contributed by atoms with van der Waals surface area (Å²) in [6.45, 7) is 10.2. The van der Waals surface area contributed by atoms with E-state index in [2.05, 4.69) is 33.0 Å². The van der Waals surface area contributed by atoms with Gasteiger partial charge in [0.2, 0.25) is 0 Å². The zero-order valence-electron chi connectivity index (χ0n) is 12.4. The van der Waals surface area contributed by atoms with Gasteiger partial charge in [0.15, 0.2) is 0 Å². The van der Waals surface area contributed by atoms with Crippen LogP contribution in [0.15, 0.2) is 0 Å². The van der Waals surface area contributed by atoms with E-state index in [1.807, 2.05) is 0 Å². The first-order valence-electron chi connectivity index (χ1n) is 7.24. The predicted octanol–water partition coefficient (Wildman–Crippen LogP) is 3.61. The fourth-order valence-electron chi connectivity index (χ4n) is 3.15. The molecule has 0 radical (unpaired) electrons. The average molecular weight is 241 g/mol. The zero-order chi connectivity index (χ0) is 12.9. The van der Waals surface area contributed by atoms with Crippen molar-refractivity contribution in [2.75, 3.05) is 13.7 Å². The number of methoxy groups -OCH3 is 1.